The number of benzene rings is 1. The van der Waals surface area contributed by atoms with Crippen LogP contribution in [0.25, 0.3) is 0 Å². The number of hydrogen-bond donors (Lipinski definition) is 1. The second-order valence-electron chi connectivity index (χ2n) is 6.79. The van der Waals surface area contributed by atoms with E-state index in [1.807, 2.05) is 0 Å². The highest BCUT2D eigenvalue weighted by Crippen LogP contribution is 2.17. The number of hydrogen-bond acceptors (Lipinski definition) is 2. The summed E-state index contributed by atoms with van der Waals surface area (Å²) in [6, 6.07) is 9.51. The van der Waals surface area contributed by atoms with Gasteiger partial charge in [-0.1, -0.05) is 38.1 Å². The molecule has 1 aliphatic rings. The molecule has 2 nitrogen and oxygen atoms in total. The third-order valence-electron chi connectivity index (χ3n) is 4.31. The smallest absolute Gasteiger partial charge is 0.0587 e. The molecule has 0 saturated carbocycles. The Morgan fingerprint density at radius 3 is 2.52 bits per heavy atom. The second kappa shape index (κ2) is 8.55. The minimum atomic E-state index is 0.418. The molecule has 0 spiro atoms. The lowest BCUT2D eigenvalue weighted by Gasteiger charge is -2.23. The second-order valence-corrected chi connectivity index (χ2v) is 6.79. The first-order chi connectivity index (χ1) is 10.1. The lowest BCUT2D eigenvalue weighted by Crippen LogP contribution is -2.27. The lowest BCUT2D eigenvalue weighted by atomic mass is 10.00. The highest BCUT2D eigenvalue weighted by atomic mass is 16.5. The molecule has 118 valence electrons. The molecule has 2 atom stereocenters. The summed E-state index contributed by atoms with van der Waals surface area (Å²) >= 11 is 0. The van der Waals surface area contributed by atoms with Gasteiger partial charge in [0, 0.05) is 12.6 Å². The van der Waals surface area contributed by atoms with Gasteiger partial charge in [-0.3, -0.25) is 0 Å². The molecule has 1 N–H and O–H groups in total. The maximum atomic E-state index is 5.78. The Morgan fingerprint density at radius 1 is 1.14 bits per heavy atom. The van der Waals surface area contributed by atoms with Gasteiger partial charge in [-0.2, -0.15) is 0 Å². The molecule has 1 fully saturated rings. The van der Waals surface area contributed by atoms with E-state index in [0.29, 0.717) is 12.1 Å². The zero-order chi connectivity index (χ0) is 15.1. The molecule has 1 aromatic rings. The van der Waals surface area contributed by atoms with Crippen LogP contribution in [-0.4, -0.2) is 19.3 Å². The molecule has 0 radical (unpaired) electrons. The maximum absolute atomic E-state index is 5.78. The van der Waals surface area contributed by atoms with Crippen molar-refractivity contribution in [3.05, 3.63) is 35.4 Å². The van der Waals surface area contributed by atoms with Gasteiger partial charge in [0.15, 0.2) is 0 Å². The predicted octanol–water partition coefficient (Wildman–Crippen LogP) is 4.49. The molecule has 0 aromatic heterocycles. The molecule has 0 aliphatic carbocycles. The van der Waals surface area contributed by atoms with Crippen LogP contribution < -0.4 is 5.32 Å². The van der Waals surface area contributed by atoms with Gasteiger partial charge in [-0.05, 0) is 62.6 Å². The molecule has 1 heterocycles. The van der Waals surface area contributed by atoms with Crippen molar-refractivity contribution in [2.75, 3.05) is 13.2 Å². The zero-order valence-corrected chi connectivity index (χ0v) is 13.9. The first-order valence-corrected chi connectivity index (χ1v) is 8.59. The fourth-order valence-electron chi connectivity index (χ4n) is 3.03. The molecule has 1 aromatic carbocycles. The fourth-order valence-corrected chi connectivity index (χ4v) is 3.03. The van der Waals surface area contributed by atoms with Gasteiger partial charge >= 0.3 is 0 Å². The highest BCUT2D eigenvalue weighted by molar-refractivity contribution is 5.25. The third-order valence-corrected chi connectivity index (χ3v) is 4.31. The van der Waals surface area contributed by atoms with Crippen molar-refractivity contribution in [2.45, 2.75) is 65.0 Å². The quantitative estimate of drug-likeness (QED) is 0.798. The van der Waals surface area contributed by atoms with Gasteiger partial charge in [0.1, 0.15) is 0 Å². The van der Waals surface area contributed by atoms with Crippen LogP contribution in [0.1, 0.15) is 63.6 Å². The Balaban J connectivity index is 1.73. The Labute approximate surface area is 130 Å². The monoisotopic (exact) mass is 289 g/mol. The van der Waals surface area contributed by atoms with Gasteiger partial charge in [-0.25, -0.2) is 0 Å². The van der Waals surface area contributed by atoms with Crippen LogP contribution in [0.3, 0.4) is 0 Å². The van der Waals surface area contributed by atoms with Gasteiger partial charge in [0.05, 0.1) is 6.10 Å². The minimum Gasteiger partial charge on any atom is -0.378 e. The van der Waals surface area contributed by atoms with Crippen molar-refractivity contribution in [3.63, 3.8) is 0 Å². The molecule has 1 aliphatic heterocycles. The number of nitrogens with one attached hydrogen (secondary N) is 1. The average molecular weight is 289 g/mol. The van der Waals surface area contributed by atoms with E-state index in [0.717, 1.165) is 25.5 Å². The molecule has 2 unspecified atom stereocenters. The molecule has 1 saturated heterocycles. The molecular weight excluding hydrogens is 258 g/mol. The predicted molar refractivity (Wildman–Crippen MR) is 89.6 cm³/mol. The summed E-state index contributed by atoms with van der Waals surface area (Å²) in [4.78, 5) is 0. The van der Waals surface area contributed by atoms with E-state index in [-0.39, 0.29) is 0 Å². The molecule has 2 rings (SSSR count). The van der Waals surface area contributed by atoms with Crippen molar-refractivity contribution in [1.29, 1.82) is 0 Å². The normalized spacial score (nSPS) is 20.7. The largest absolute Gasteiger partial charge is 0.378 e. The summed E-state index contributed by atoms with van der Waals surface area (Å²) in [6.45, 7) is 8.78. The van der Waals surface area contributed by atoms with E-state index < -0.39 is 0 Å². The van der Waals surface area contributed by atoms with Gasteiger partial charge < -0.3 is 10.1 Å². The summed E-state index contributed by atoms with van der Waals surface area (Å²) in [5, 5.41) is 3.63. The van der Waals surface area contributed by atoms with Gasteiger partial charge in [-0.15, -0.1) is 0 Å². The van der Waals surface area contributed by atoms with Crippen molar-refractivity contribution < 1.29 is 4.74 Å². The maximum Gasteiger partial charge on any atom is 0.0587 e. The van der Waals surface area contributed by atoms with E-state index in [2.05, 4.69) is 50.4 Å². The van der Waals surface area contributed by atoms with Crippen molar-refractivity contribution in [1.82, 2.24) is 5.32 Å². The molecule has 21 heavy (non-hydrogen) atoms. The van der Waals surface area contributed by atoms with Gasteiger partial charge in [0.2, 0.25) is 0 Å². The summed E-state index contributed by atoms with van der Waals surface area (Å²) in [5.41, 5.74) is 2.82. The topological polar surface area (TPSA) is 21.3 Å². The van der Waals surface area contributed by atoms with Crippen LogP contribution in [0.2, 0.25) is 0 Å². The van der Waals surface area contributed by atoms with E-state index >= 15 is 0 Å². The highest BCUT2D eigenvalue weighted by Gasteiger charge is 2.14. The molecule has 0 bridgehead atoms. The molecule has 0 amide bonds. The summed E-state index contributed by atoms with van der Waals surface area (Å²) in [5.74, 6) is 0.724. The summed E-state index contributed by atoms with van der Waals surface area (Å²) in [6.07, 6.45) is 6.59. The van der Waals surface area contributed by atoms with Crippen molar-refractivity contribution in [2.24, 2.45) is 5.92 Å². The Bertz CT molecular complexity index is 393. The Hall–Kier alpha value is -0.860. The standard InChI is InChI=1S/C19H31NO/c1-15(2)14-17-7-9-18(10-8-17)16(3)20-12-11-19-6-4-5-13-21-19/h7-10,15-16,19-20H,4-6,11-14H2,1-3H3. The fraction of sp³-hybridized carbons (Fsp3) is 0.684. The van der Waals surface area contributed by atoms with Crippen molar-refractivity contribution >= 4 is 0 Å². The van der Waals surface area contributed by atoms with Gasteiger partial charge in [0.25, 0.3) is 0 Å². The van der Waals surface area contributed by atoms with E-state index in [1.165, 1.54) is 36.8 Å². The summed E-state index contributed by atoms with van der Waals surface area (Å²) in [7, 11) is 0. The van der Waals surface area contributed by atoms with Crippen LogP contribution in [0.4, 0.5) is 0 Å². The van der Waals surface area contributed by atoms with Crippen LogP contribution >= 0.6 is 0 Å². The van der Waals surface area contributed by atoms with Crippen LogP contribution in [0, 0.1) is 5.92 Å². The van der Waals surface area contributed by atoms with E-state index in [1.54, 1.807) is 0 Å². The number of ether oxygens (including phenoxy) is 1. The summed E-state index contributed by atoms with van der Waals surface area (Å²) < 4.78 is 5.78. The van der Waals surface area contributed by atoms with Crippen LogP contribution in [-0.2, 0) is 11.2 Å². The van der Waals surface area contributed by atoms with Crippen LogP contribution in [0.15, 0.2) is 24.3 Å². The van der Waals surface area contributed by atoms with Crippen molar-refractivity contribution in [3.8, 4) is 0 Å². The first kappa shape index (κ1) is 16.5. The number of rotatable bonds is 7. The minimum absolute atomic E-state index is 0.418. The van der Waals surface area contributed by atoms with E-state index in [4.69, 9.17) is 4.74 Å². The van der Waals surface area contributed by atoms with E-state index in [9.17, 15) is 0 Å². The Kier molecular flexibility index (Phi) is 6.72. The Morgan fingerprint density at radius 2 is 1.90 bits per heavy atom. The molecular formula is C19H31NO. The van der Waals surface area contributed by atoms with Crippen LogP contribution in [0.5, 0.6) is 0 Å². The average Bonchev–Trinajstić information content (AvgIpc) is 2.48. The molecule has 2 heteroatoms. The lowest BCUT2D eigenvalue weighted by molar-refractivity contribution is 0.0112. The zero-order valence-electron chi connectivity index (χ0n) is 13.9. The first-order valence-electron chi connectivity index (χ1n) is 8.59. The third kappa shape index (κ3) is 5.80. The SMILES string of the molecule is CC(C)Cc1ccc(C(C)NCCC2CCCCO2)cc1.